The highest BCUT2D eigenvalue weighted by molar-refractivity contribution is 9.10. The van der Waals surface area contributed by atoms with E-state index in [1.54, 1.807) is 6.33 Å². The van der Waals surface area contributed by atoms with Crippen molar-refractivity contribution in [1.29, 1.82) is 0 Å². The second kappa shape index (κ2) is 6.93. The van der Waals surface area contributed by atoms with Gasteiger partial charge in [0.1, 0.15) is 18.0 Å². The molecular formula is C17H20BrFN4. The van der Waals surface area contributed by atoms with E-state index in [0.29, 0.717) is 10.5 Å². The molecule has 1 fully saturated rings. The number of nitrogens with zero attached hydrogens (tertiary/aromatic N) is 4. The minimum atomic E-state index is -0.216. The van der Waals surface area contributed by atoms with Crippen molar-refractivity contribution >= 4 is 21.7 Å². The van der Waals surface area contributed by atoms with Crippen LogP contribution < -0.4 is 4.90 Å². The summed E-state index contributed by atoms with van der Waals surface area (Å²) in [6.45, 7) is 4.83. The first-order chi connectivity index (χ1) is 11.0. The lowest BCUT2D eigenvalue weighted by atomic mass is 10.2. The molecule has 1 unspecified atom stereocenters. The Morgan fingerprint density at radius 1 is 1.35 bits per heavy atom. The van der Waals surface area contributed by atoms with Gasteiger partial charge in [0, 0.05) is 44.5 Å². The Balaban J connectivity index is 1.62. The summed E-state index contributed by atoms with van der Waals surface area (Å²) in [5.74, 6) is 0.751. The van der Waals surface area contributed by atoms with Crippen LogP contribution in [0, 0.1) is 12.7 Å². The summed E-state index contributed by atoms with van der Waals surface area (Å²) >= 11 is 3.25. The summed E-state index contributed by atoms with van der Waals surface area (Å²) in [6.07, 6.45) is 2.71. The van der Waals surface area contributed by atoms with Crippen molar-refractivity contribution in [2.45, 2.75) is 25.9 Å². The summed E-state index contributed by atoms with van der Waals surface area (Å²) in [6, 6.07) is 7.68. The molecule has 1 atom stereocenters. The van der Waals surface area contributed by atoms with Gasteiger partial charge in [-0.3, -0.25) is 4.90 Å². The van der Waals surface area contributed by atoms with Gasteiger partial charge in [0.05, 0.1) is 4.47 Å². The zero-order valence-electron chi connectivity index (χ0n) is 13.3. The second-order valence-corrected chi connectivity index (χ2v) is 6.91. The Bertz CT molecular complexity index is 694. The number of aryl methyl sites for hydroxylation is 1. The fourth-order valence-corrected chi connectivity index (χ4v) is 3.41. The number of likely N-dealkylation sites (tertiary alicyclic amines) is 1. The zero-order chi connectivity index (χ0) is 16.4. The number of hydrogen-bond acceptors (Lipinski definition) is 4. The van der Waals surface area contributed by atoms with E-state index in [-0.39, 0.29) is 5.82 Å². The molecule has 0 saturated carbocycles. The number of anilines is 1. The minimum absolute atomic E-state index is 0.216. The molecule has 1 aliphatic rings. The molecule has 6 heteroatoms. The van der Waals surface area contributed by atoms with Crippen molar-refractivity contribution in [2.75, 3.05) is 25.0 Å². The molecule has 0 N–H and O–H groups in total. The third kappa shape index (κ3) is 3.87. The predicted octanol–water partition coefficient (Wildman–Crippen LogP) is 3.40. The Kier molecular flexibility index (Phi) is 4.92. The average molecular weight is 379 g/mol. The fraction of sp³-hybridized carbons (Fsp3) is 0.412. The van der Waals surface area contributed by atoms with E-state index in [9.17, 15) is 4.39 Å². The van der Waals surface area contributed by atoms with Gasteiger partial charge in [-0.05, 0) is 47.0 Å². The van der Waals surface area contributed by atoms with Gasteiger partial charge in [-0.15, -0.1) is 0 Å². The number of halogens is 2. The third-order valence-electron chi connectivity index (χ3n) is 4.34. The molecule has 0 radical (unpaired) electrons. The lowest BCUT2D eigenvalue weighted by Crippen LogP contribution is -2.35. The maximum Gasteiger partial charge on any atom is 0.137 e. The monoisotopic (exact) mass is 378 g/mol. The molecule has 23 heavy (non-hydrogen) atoms. The second-order valence-electron chi connectivity index (χ2n) is 6.05. The van der Waals surface area contributed by atoms with Gasteiger partial charge >= 0.3 is 0 Å². The highest BCUT2D eigenvalue weighted by atomic mass is 79.9. The molecule has 0 bridgehead atoms. The summed E-state index contributed by atoms with van der Waals surface area (Å²) < 4.78 is 13.8. The van der Waals surface area contributed by atoms with Crippen LogP contribution in [0.25, 0.3) is 0 Å². The van der Waals surface area contributed by atoms with Crippen LogP contribution in [0.1, 0.15) is 17.7 Å². The summed E-state index contributed by atoms with van der Waals surface area (Å²) in [4.78, 5) is 13.1. The van der Waals surface area contributed by atoms with Gasteiger partial charge < -0.3 is 4.90 Å². The molecule has 2 heterocycles. The van der Waals surface area contributed by atoms with E-state index >= 15 is 0 Å². The number of benzene rings is 1. The molecule has 0 spiro atoms. The molecule has 3 rings (SSSR count). The number of rotatable bonds is 4. The van der Waals surface area contributed by atoms with Crippen LogP contribution in [-0.4, -0.2) is 41.0 Å². The summed E-state index contributed by atoms with van der Waals surface area (Å²) in [5, 5.41) is 0. The van der Waals surface area contributed by atoms with Crippen LogP contribution in [0.2, 0.25) is 0 Å². The van der Waals surface area contributed by atoms with E-state index < -0.39 is 0 Å². The first-order valence-corrected chi connectivity index (χ1v) is 8.50. The van der Waals surface area contributed by atoms with Crippen molar-refractivity contribution in [3.05, 3.63) is 52.1 Å². The van der Waals surface area contributed by atoms with Crippen molar-refractivity contribution in [1.82, 2.24) is 14.9 Å². The Hall–Kier alpha value is -1.53. The lowest BCUT2D eigenvalue weighted by molar-refractivity contribution is 0.325. The topological polar surface area (TPSA) is 32.3 Å². The first kappa shape index (κ1) is 16.3. The fourth-order valence-electron chi connectivity index (χ4n) is 2.99. The third-order valence-corrected chi connectivity index (χ3v) is 4.94. The highest BCUT2D eigenvalue weighted by Crippen LogP contribution is 2.23. The van der Waals surface area contributed by atoms with Crippen molar-refractivity contribution in [3.8, 4) is 0 Å². The standard InChI is InChI=1S/C17H20BrFN4/c1-12-7-17(21-11-20-12)22(2)14-5-6-23(10-14)9-13-3-4-16(19)15(18)8-13/h3-4,7-8,11,14H,5-6,9-10H2,1-2H3. The molecule has 0 aliphatic carbocycles. The highest BCUT2D eigenvalue weighted by Gasteiger charge is 2.26. The zero-order valence-corrected chi connectivity index (χ0v) is 14.9. The molecule has 1 aromatic carbocycles. The Labute approximate surface area is 144 Å². The van der Waals surface area contributed by atoms with E-state index in [1.807, 2.05) is 25.1 Å². The Morgan fingerprint density at radius 2 is 2.17 bits per heavy atom. The molecule has 4 nitrogen and oxygen atoms in total. The largest absolute Gasteiger partial charge is 0.355 e. The first-order valence-electron chi connectivity index (χ1n) is 7.70. The molecule has 1 saturated heterocycles. The molecule has 1 aliphatic heterocycles. The van der Waals surface area contributed by atoms with Gasteiger partial charge in [0.25, 0.3) is 0 Å². The molecular weight excluding hydrogens is 359 g/mol. The molecule has 2 aromatic rings. The number of aromatic nitrogens is 2. The van der Waals surface area contributed by atoms with E-state index in [0.717, 1.165) is 43.1 Å². The molecule has 0 amide bonds. The maximum absolute atomic E-state index is 13.3. The van der Waals surface area contributed by atoms with Gasteiger partial charge in [0.15, 0.2) is 0 Å². The normalized spacial score (nSPS) is 18.3. The van der Waals surface area contributed by atoms with Gasteiger partial charge in [0.2, 0.25) is 0 Å². The SMILES string of the molecule is Cc1cc(N(C)C2CCN(Cc3ccc(F)c(Br)c3)C2)ncn1. The minimum Gasteiger partial charge on any atom is -0.355 e. The molecule has 122 valence electrons. The maximum atomic E-state index is 13.3. The van der Waals surface area contributed by atoms with Crippen LogP contribution in [0.4, 0.5) is 10.2 Å². The van der Waals surface area contributed by atoms with Gasteiger partial charge in [-0.1, -0.05) is 6.07 Å². The predicted molar refractivity (Wildman–Crippen MR) is 93.0 cm³/mol. The van der Waals surface area contributed by atoms with E-state index in [1.165, 1.54) is 6.07 Å². The van der Waals surface area contributed by atoms with Crippen molar-refractivity contribution < 1.29 is 4.39 Å². The number of hydrogen-bond donors (Lipinski definition) is 0. The van der Waals surface area contributed by atoms with Crippen LogP contribution in [0.3, 0.4) is 0 Å². The van der Waals surface area contributed by atoms with Crippen LogP contribution >= 0.6 is 15.9 Å². The Morgan fingerprint density at radius 3 is 2.91 bits per heavy atom. The van der Waals surface area contributed by atoms with Crippen molar-refractivity contribution in [2.24, 2.45) is 0 Å². The average Bonchev–Trinajstić information content (AvgIpc) is 2.99. The van der Waals surface area contributed by atoms with Gasteiger partial charge in [-0.25, -0.2) is 14.4 Å². The van der Waals surface area contributed by atoms with Crippen LogP contribution in [-0.2, 0) is 6.54 Å². The number of likely N-dealkylation sites (N-methyl/N-ethyl adjacent to an activating group) is 1. The summed E-state index contributed by atoms with van der Waals surface area (Å²) in [5.41, 5.74) is 2.10. The van der Waals surface area contributed by atoms with Crippen LogP contribution in [0.5, 0.6) is 0 Å². The quantitative estimate of drug-likeness (QED) is 0.815. The lowest BCUT2D eigenvalue weighted by Gasteiger charge is -2.26. The van der Waals surface area contributed by atoms with Gasteiger partial charge in [-0.2, -0.15) is 0 Å². The molecule has 1 aromatic heterocycles. The smallest absolute Gasteiger partial charge is 0.137 e. The summed E-state index contributed by atoms with van der Waals surface area (Å²) in [7, 11) is 2.09. The van der Waals surface area contributed by atoms with Crippen molar-refractivity contribution in [3.63, 3.8) is 0 Å². The van der Waals surface area contributed by atoms with E-state index in [2.05, 4.69) is 42.7 Å². The van der Waals surface area contributed by atoms with E-state index in [4.69, 9.17) is 0 Å². The van der Waals surface area contributed by atoms with Crippen LogP contribution in [0.15, 0.2) is 35.1 Å².